The fourth-order valence-corrected chi connectivity index (χ4v) is 4.20. The van der Waals surface area contributed by atoms with Gasteiger partial charge >= 0.3 is 0 Å². The number of nitrogens with two attached hydrogens (primary N) is 1. The van der Waals surface area contributed by atoms with Gasteiger partial charge in [-0.25, -0.2) is 4.99 Å². The zero-order valence-corrected chi connectivity index (χ0v) is 16.6. The van der Waals surface area contributed by atoms with Gasteiger partial charge in [-0.3, -0.25) is 5.10 Å². The summed E-state index contributed by atoms with van der Waals surface area (Å²) in [5.74, 6) is 1.92. The average molecular weight is 380 g/mol. The van der Waals surface area contributed by atoms with Gasteiger partial charge in [0.05, 0.1) is 23.6 Å². The van der Waals surface area contributed by atoms with Crippen molar-refractivity contribution in [3.63, 3.8) is 0 Å². The molecular formula is C21H28N6O. The first-order valence-electron chi connectivity index (χ1n) is 10.2. The van der Waals surface area contributed by atoms with Crippen LogP contribution in [0.4, 0.5) is 0 Å². The summed E-state index contributed by atoms with van der Waals surface area (Å²) in [4.78, 5) is 8.98. The number of rotatable bonds is 5. The summed E-state index contributed by atoms with van der Waals surface area (Å²) in [6.45, 7) is 4.01. The molecule has 7 nitrogen and oxygen atoms in total. The van der Waals surface area contributed by atoms with Gasteiger partial charge in [0.15, 0.2) is 0 Å². The Labute approximate surface area is 165 Å². The van der Waals surface area contributed by atoms with Crippen LogP contribution in [-0.2, 0) is 0 Å². The summed E-state index contributed by atoms with van der Waals surface area (Å²) >= 11 is 0. The minimum atomic E-state index is 0.0226. The van der Waals surface area contributed by atoms with Gasteiger partial charge in [-0.1, -0.05) is 6.92 Å². The Hall–Kier alpha value is -2.54. The number of nitrogens with one attached hydrogen (secondary N) is 1. The third-order valence-electron chi connectivity index (χ3n) is 6.30. The van der Waals surface area contributed by atoms with E-state index in [1.165, 1.54) is 0 Å². The smallest absolute Gasteiger partial charge is 0.128 e. The van der Waals surface area contributed by atoms with Crippen LogP contribution >= 0.6 is 0 Å². The van der Waals surface area contributed by atoms with Crippen molar-refractivity contribution < 1.29 is 4.74 Å². The third kappa shape index (κ3) is 3.03. The number of ether oxygens (including phenoxy) is 1. The second kappa shape index (κ2) is 6.51. The van der Waals surface area contributed by atoms with Gasteiger partial charge in [-0.2, -0.15) is 5.10 Å². The van der Waals surface area contributed by atoms with E-state index in [0.717, 1.165) is 66.9 Å². The summed E-state index contributed by atoms with van der Waals surface area (Å²) in [6.07, 6.45) is 8.43. The molecule has 3 aliphatic rings. The summed E-state index contributed by atoms with van der Waals surface area (Å²) in [6, 6.07) is 6.48. The molecule has 0 amide bonds. The van der Waals surface area contributed by atoms with E-state index in [2.05, 4.69) is 50.1 Å². The predicted molar refractivity (Wildman–Crippen MR) is 110 cm³/mol. The number of likely N-dealkylation sites (tertiary alicyclic amines) is 1. The number of hydrogen-bond acceptors (Lipinski definition) is 6. The Bertz CT molecular complexity index is 944. The van der Waals surface area contributed by atoms with Crippen LogP contribution in [0.15, 0.2) is 35.1 Å². The van der Waals surface area contributed by atoms with E-state index in [9.17, 15) is 0 Å². The van der Waals surface area contributed by atoms with Gasteiger partial charge in [-0.05, 0) is 50.0 Å². The standard InChI is InChI=1S/C21H28N6O/c1-3-21(7-8-21)28-15-4-5-17-16(10-15)20(25-24-17)18-11-19(23-13-26(18)2)27-9-6-14(22)12-27/h4-5,10-11,13-14,18H,3,6-9,12,22H2,1-2H3,(H,24,25)/t14-,18?/m1/s1. The van der Waals surface area contributed by atoms with Crippen LogP contribution in [0.3, 0.4) is 0 Å². The normalized spacial score (nSPS) is 26.0. The first-order valence-corrected chi connectivity index (χ1v) is 10.2. The van der Waals surface area contributed by atoms with E-state index < -0.39 is 0 Å². The zero-order chi connectivity index (χ0) is 19.3. The van der Waals surface area contributed by atoms with Gasteiger partial charge in [0.25, 0.3) is 0 Å². The molecule has 28 heavy (non-hydrogen) atoms. The predicted octanol–water partition coefficient (Wildman–Crippen LogP) is 2.77. The third-order valence-corrected chi connectivity index (χ3v) is 6.30. The molecular weight excluding hydrogens is 352 g/mol. The maximum Gasteiger partial charge on any atom is 0.128 e. The van der Waals surface area contributed by atoms with Gasteiger partial charge in [0.2, 0.25) is 0 Å². The van der Waals surface area contributed by atoms with Crippen molar-refractivity contribution in [1.82, 2.24) is 20.0 Å². The highest BCUT2D eigenvalue weighted by atomic mass is 16.5. The Morgan fingerprint density at radius 2 is 2.21 bits per heavy atom. The molecule has 1 saturated heterocycles. The molecule has 1 saturated carbocycles. The molecule has 0 bridgehead atoms. The molecule has 1 aromatic carbocycles. The molecule has 148 valence electrons. The molecule has 1 unspecified atom stereocenters. The molecule has 2 aliphatic heterocycles. The van der Waals surface area contributed by atoms with Crippen molar-refractivity contribution >= 4 is 17.2 Å². The number of likely N-dealkylation sites (N-methyl/N-ethyl adjacent to an activating group) is 1. The lowest BCUT2D eigenvalue weighted by Crippen LogP contribution is -2.31. The SMILES string of the molecule is CCC1(Oc2ccc3[nH]nc(C4C=C(N5CC[C@@H](N)C5)N=CN4C)c3c2)CC1. The Morgan fingerprint density at radius 1 is 1.36 bits per heavy atom. The van der Waals surface area contributed by atoms with E-state index >= 15 is 0 Å². The summed E-state index contributed by atoms with van der Waals surface area (Å²) in [5.41, 5.74) is 8.16. The topological polar surface area (TPSA) is 82.8 Å². The first-order chi connectivity index (χ1) is 13.6. The highest BCUT2D eigenvalue weighted by molar-refractivity contribution is 5.84. The number of H-pyrrole nitrogens is 1. The van der Waals surface area contributed by atoms with Gasteiger partial charge in [-0.15, -0.1) is 0 Å². The largest absolute Gasteiger partial charge is 0.487 e. The van der Waals surface area contributed by atoms with E-state index in [0.29, 0.717) is 0 Å². The van der Waals surface area contributed by atoms with Crippen molar-refractivity contribution in [2.45, 2.75) is 50.3 Å². The molecule has 1 aromatic heterocycles. The number of fused-ring (bicyclic) bond motifs is 1. The van der Waals surface area contributed by atoms with E-state index in [1.807, 2.05) is 19.5 Å². The van der Waals surface area contributed by atoms with Crippen LogP contribution in [0.5, 0.6) is 5.75 Å². The number of hydrogen-bond donors (Lipinski definition) is 2. The average Bonchev–Trinajstić information content (AvgIpc) is 3.13. The molecule has 7 heteroatoms. The maximum atomic E-state index is 6.30. The van der Waals surface area contributed by atoms with Crippen LogP contribution in [0.1, 0.15) is 44.3 Å². The molecule has 2 atom stereocenters. The second-order valence-electron chi connectivity index (χ2n) is 8.33. The van der Waals surface area contributed by atoms with E-state index in [4.69, 9.17) is 10.5 Å². The Morgan fingerprint density at radius 3 is 2.93 bits per heavy atom. The quantitative estimate of drug-likeness (QED) is 0.833. The fourth-order valence-electron chi connectivity index (χ4n) is 4.20. The molecule has 3 heterocycles. The van der Waals surface area contributed by atoms with Crippen LogP contribution in [0, 0.1) is 0 Å². The Kier molecular flexibility index (Phi) is 4.08. The lowest BCUT2D eigenvalue weighted by Gasteiger charge is -2.29. The Balaban J connectivity index is 1.47. The number of aromatic amines is 1. The summed E-state index contributed by atoms with van der Waals surface area (Å²) < 4.78 is 6.30. The van der Waals surface area contributed by atoms with Gasteiger partial charge < -0.3 is 20.3 Å². The van der Waals surface area contributed by atoms with Gasteiger partial charge in [0.1, 0.15) is 17.2 Å². The van der Waals surface area contributed by atoms with Crippen molar-refractivity contribution in [1.29, 1.82) is 0 Å². The highest BCUT2D eigenvalue weighted by Crippen LogP contribution is 2.43. The molecule has 3 N–H and O–H groups in total. The summed E-state index contributed by atoms with van der Waals surface area (Å²) in [7, 11) is 2.04. The van der Waals surface area contributed by atoms with Crippen LogP contribution < -0.4 is 10.5 Å². The minimum Gasteiger partial charge on any atom is -0.487 e. The van der Waals surface area contributed by atoms with Crippen LogP contribution in [-0.4, -0.2) is 58.1 Å². The minimum absolute atomic E-state index is 0.0226. The number of aliphatic imine (C=N–C) groups is 1. The fraction of sp³-hybridized carbons (Fsp3) is 0.524. The molecule has 2 fully saturated rings. The molecule has 0 radical (unpaired) electrons. The van der Waals surface area contributed by atoms with Crippen LogP contribution in [0.2, 0.25) is 0 Å². The maximum absolute atomic E-state index is 6.30. The van der Waals surface area contributed by atoms with Gasteiger partial charge in [0, 0.05) is 31.6 Å². The number of nitrogens with zero attached hydrogens (tertiary/aromatic N) is 4. The lowest BCUT2D eigenvalue weighted by atomic mass is 10.1. The van der Waals surface area contributed by atoms with E-state index in [1.54, 1.807) is 0 Å². The van der Waals surface area contributed by atoms with Crippen molar-refractivity contribution in [3.05, 3.63) is 35.8 Å². The molecule has 1 aliphatic carbocycles. The van der Waals surface area contributed by atoms with Crippen LogP contribution in [0.25, 0.3) is 10.9 Å². The monoisotopic (exact) mass is 380 g/mol. The summed E-state index contributed by atoms with van der Waals surface area (Å²) in [5, 5.41) is 8.93. The van der Waals surface area contributed by atoms with Crippen molar-refractivity contribution in [2.75, 3.05) is 20.1 Å². The lowest BCUT2D eigenvalue weighted by molar-refractivity contribution is 0.174. The molecule has 0 spiro atoms. The molecule has 2 aromatic rings. The van der Waals surface area contributed by atoms with E-state index in [-0.39, 0.29) is 17.7 Å². The van der Waals surface area contributed by atoms with Crippen molar-refractivity contribution in [2.24, 2.45) is 10.7 Å². The van der Waals surface area contributed by atoms with Crippen molar-refractivity contribution in [3.8, 4) is 5.75 Å². The number of benzene rings is 1. The zero-order valence-electron chi connectivity index (χ0n) is 16.6. The first kappa shape index (κ1) is 17.6. The highest BCUT2D eigenvalue weighted by Gasteiger charge is 2.43. The number of aromatic nitrogens is 2. The second-order valence-corrected chi connectivity index (χ2v) is 8.33. The molecule has 5 rings (SSSR count).